The van der Waals surface area contributed by atoms with Crippen molar-refractivity contribution in [2.75, 3.05) is 26.4 Å². The summed E-state index contributed by atoms with van der Waals surface area (Å²) in [7, 11) is -4.61. The quantitative estimate of drug-likeness (QED) is 0.0248. The molecule has 0 radical (unpaired) electrons. The van der Waals surface area contributed by atoms with E-state index in [-0.39, 0.29) is 19.4 Å². The molecule has 3 atom stereocenters. The topological polar surface area (TPSA) is 149 Å². The molecule has 0 spiro atoms. The van der Waals surface area contributed by atoms with Crippen molar-refractivity contribution in [2.45, 2.75) is 180 Å². The zero-order valence-electron chi connectivity index (χ0n) is 30.9. The van der Waals surface area contributed by atoms with Crippen LogP contribution in [0.15, 0.2) is 24.3 Å². The van der Waals surface area contributed by atoms with E-state index in [9.17, 15) is 24.2 Å². The van der Waals surface area contributed by atoms with E-state index in [1.165, 1.54) is 64.2 Å². The summed E-state index contributed by atoms with van der Waals surface area (Å²) in [5.41, 5.74) is 0. The third-order valence-electron chi connectivity index (χ3n) is 8.11. The van der Waals surface area contributed by atoms with Crippen molar-refractivity contribution in [1.29, 1.82) is 0 Å². The van der Waals surface area contributed by atoms with Crippen molar-refractivity contribution in [3.63, 3.8) is 0 Å². The van der Waals surface area contributed by atoms with Gasteiger partial charge in [-0.15, -0.1) is 0 Å². The molecule has 0 aliphatic rings. The van der Waals surface area contributed by atoms with Crippen molar-refractivity contribution >= 4 is 19.8 Å². The van der Waals surface area contributed by atoms with Gasteiger partial charge in [0, 0.05) is 12.8 Å². The Kier molecular flexibility index (Phi) is 33.8. The Morgan fingerprint density at radius 1 is 0.612 bits per heavy atom. The summed E-state index contributed by atoms with van der Waals surface area (Å²) in [6.45, 7) is 2.31. The Labute approximate surface area is 298 Å². The predicted molar refractivity (Wildman–Crippen MR) is 196 cm³/mol. The molecule has 0 heterocycles. The molecule has 3 N–H and O–H groups in total. The maximum absolute atomic E-state index is 12.5. The summed E-state index contributed by atoms with van der Waals surface area (Å²) in [5.74, 6) is -0.939. The van der Waals surface area contributed by atoms with Crippen LogP contribution in [0, 0.1) is 0 Å². The zero-order chi connectivity index (χ0) is 36.3. The standard InChI is InChI=1S/C38H71O10P/c1-3-5-7-9-11-13-15-17-18-20-21-23-25-27-29-37(41)45-33-36(34-47-49(43,44)46-32-35(40)31-39)48-38(42)30-28-26-24-22-19-16-14-12-10-8-6-4-2/h9,11,15,17,35-36,39-40H,3-8,10,12-14,16,18-34H2,1-2H3,(H,43,44)/b11-9+,17-15+/t35-,36+/m0/s1. The van der Waals surface area contributed by atoms with Crippen LogP contribution in [-0.2, 0) is 32.7 Å². The average molecular weight is 719 g/mol. The van der Waals surface area contributed by atoms with Crippen LogP contribution in [0.4, 0.5) is 0 Å². The van der Waals surface area contributed by atoms with Crippen LogP contribution in [0.3, 0.4) is 0 Å². The lowest BCUT2D eigenvalue weighted by Gasteiger charge is -2.20. The molecule has 0 aliphatic heterocycles. The molecule has 0 bridgehead atoms. The van der Waals surface area contributed by atoms with Gasteiger partial charge in [-0.3, -0.25) is 18.6 Å². The number of unbranched alkanes of at least 4 members (excludes halogenated alkanes) is 18. The van der Waals surface area contributed by atoms with Gasteiger partial charge in [-0.05, 0) is 38.5 Å². The van der Waals surface area contributed by atoms with E-state index in [0.29, 0.717) is 12.8 Å². The number of phosphoric ester groups is 1. The number of ether oxygens (including phenoxy) is 2. The number of aliphatic hydroxyl groups excluding tert-OH is 2. The van der Waals surface area contributed by atoms with Gasteiger partial charge in [-0.25, -0.2) is 4.57 Å². The lowest BCUT2D eigenvalue weighted by molar-refractivity contribution is -0.161. The molecule has 11 heteroatoms. The summed E-state index contributed by atoms with van der Waals surface area (Å²) in [4.78, 5) is 34.8. The molecular weight excluding hydrogens is 647 g/mol. The van der Waals surface area contributed by atoms with Gasteiger partial charge >= 0.3 is 19.8 Å². The Morgan fingerprint density at radius 3 is 1.63 bits per heavy atom. The number of phosphoric acid groups is 1. The maximum atomic E-state index is 12.5. The van der Waals surface area contributed by atoms with Gasteiger partial charge in [-0.1, -0.05) is 141 Å². The molecule has 0 aliphatic carbocycles. The normalized spacial score (nSPS) is 14.3. The molecular formula is C38H71O10P. The summed E-state index contributed by atoms with van der Waals surface area (Å²) in [6.07, 6.45) is 31.4. The first-order valence-electron chi connectivity index (χ1n) is 19.3. The van der Waals surface area contributed by atoms with Gasteiger partial charge in [0.1, 0.15) is 12.7 Å². The molecule has 0 aromatic carbocycles. The third kappa shape index (κ3) is 34.7. The van der Waals surface area contributed by atoms with Crippen LogP contribution in [0.25, 0.3) is 0 Å². The number of hydrogen-bond donors (Lipinski definition) is 3. The van der Waals surface area contributed by atoms with Gasteiger partial charge in [0.05, 0.1) is 19.8 Å². The molecule has 0 rings (SSSR count). The van der Waals surface area contributed by atoms with E-state index in [0.717, 1.165) is 64.2 Å². The second-order valence-corrected chi connectivity index (χ2v) is 14.4. The number of esters is 2. The molecule has 1 unspecified atom stereocenters. The highest BCUT2D eigenvalue weighted by molar-refractivity contribution is 7.47. The molecule has 0 fully saturated rings. The molecule has 10 nitrogen and oxygen atoms in total. The molecule has 0 saturated heterocycles. The van der Waals surface area contributed by atoms with E-state index in [2.05, 4.69) is 42.7 Å². The summed E-state index contributed by atoms with van der Waals surface area (Å²) < 4.78 is 32.6. The second-order valence-electron chi connectivity index (χ2n) is 13.0. The van der Waals surface area contributed by atoms with Gasteiger partial charge < -0.3 is 24.6 Å². The zero-order valence-corrected chi connectivity index (χ0v) is 31.8. The summed E-state index contributed by atoms with van der Waals surface area (Å²) in [5, 5.41) is 18.3. The Hall–Kier alpha value is -1.55. The Bertz CT molecular complexity index is 879. The molecule has 0 aromatic rings. The van der Waals surface area contributed by atoms with Crippen LogP contribution in [0.2, 0.25) is 0 Å². The molecule has 288 valence electrons. The van der Waals surface area contributed by atoms with E-state index in [4.69, 9.17) is 19.1 Å². The fraction of sp³-hybridized carbons (Fsp3) is 0.842. The van der Waals surface area contributed by atoms with Gasteiger partial charge in [-0.2, -0.15) is 0 Å². The Balaban J connectivity index is 4.38. The van der Waals surface area contributed by atoms with Gasteiger partial charge in [0.2, 0.25) is 0 Å². The largest absolute Gasteiger partial charge is 0.472 e. The fourth-order valence-corrected chi connectivity index (χ4v) is 5.86. The van der Waals surface area contributed by atoms with Crippen molar-refractivity contribution in [2.24, 2.45) is 0 Å². The monoisotopic (exact) mass is 718 g/mol. The molecule has 0 aromatic heterocycles. The number of hydrogen-bond acceptors (Lipinski definition) is 9. The first-order chi connectivity index (χ1) is 23.7. The molecule has 49 heavy (non-hydrogen) atoms. The van der Waals surface area contributed by atoms with Crippen molar-refractivity contribution in [1.82, 2.24) is 0 Å². The minimum absolute atomic E-state index is 0.184. The number of aliphatic hydroxyl groups is 2. The number of carbonyl (C=O) groups is 2. The summed E-state index contributed by atoms with van der Waals surface area (Å²) >= 11 is 0. The van der Waals surface area contributed by atoms with Gasteiger partial charge in [0.15, 0.2) is 6.10 Å². The highest BCUT2D eigenvalue weighted by Gasteiger charge is 2.27. The summed E-state index contributed by atoms with van der Waals surface area (Å²) in [6, 6.07) is 0. The van der Waals surface area contributed by atoms with Crippen molar-refractivity contribution in [3.8, 4) is 0 Å². The van der Waals surface area contributed by atoms with Crippen molar-refractivity contribution in [3.05, 3.63) is 24.3 Å². The lowest BCUT2D eigenvalue weighted by Crippen LogP contribution is -2.29. The highest BCUT2D eigenvalue weighted by Crippen LogP contribution is 2.43. The smallest absolute Gasteiger partial charge is 0.462 e. The first kappa shape index (κ1) is 47.4. The average Bonchev–Trinajstić information content (AvgIpc) is 3.09. The molecule has 0 amide bonds. The predicted octanol–water partition coefficient (Wildman–Crippen LogP) is 9.44. The number of carbonyl (C=O) groups excluding carboxylic acids is 2. The third-order valence-corrected chi connectivity index (χ3v) is 9.06. The number of rotatable bonds is 36. The van der Waals surface area contributed by atoms with Gasteiger partial charge in [0.25, 0.3) is 0 Å². The fourth-order valence-electron chi connectivity index (χ4n) is 5.07. The minimum atomic E-state index is -4.61. The van der Waals surface area contributed by atoms with Crippen LogP contribution in [0.1, 0.15) is 168 Å². The van der Waals surface area contributed by atoms with E-state index in [1.807, 2.05) is 0 Å². The first-order valence-corrected chi connectivity index (χ1v) is 20.8. The lowest BCUT2D eigenvalue weighted by atomic mass is 10.0. The van der Waals surface area contributed by atoms with Crippen LogP contribution in [0.5, 0.6) is 0 Å². The van der Waals surface area contributed by atoms with Crippen molar-refractivity contribution < 1.29 is 47.8 Å². The molecule has 0 saturated carbocycles. The van der Waals surface area contributed by atoms with E-state index < -0.39 is 51.8 Å². The van der Waals surface area contributed by atoms with Crippen LogP contribution >= 0.6 is 7.82 Å². The Morgan fingerprint density at radius 2 is 1.08 bits per heavy atom. The SMILES string of the molecule is CCCC/C=C/C/C=C/CCCCCCCC(=O)OC[C@H](COP(=O)(O)OC[C@@H](O)CO)OC(=O)CCCCCCCCCCCCCC. The van der Waals surface area contributed by atoms with E-state index >= 15 is 0 Å². The maximum Gasteiger partial charge on any atom is 0.472 e. The minimum Gasteiger partial charge on any atom is -0.462 e. The number of allylic oxidation sites excluding steroid dienone is 4. The second kappa shape index (κ2) is 34.9. The van der Waals surface area contributed by atoms with Crippen LogP contribution in [-0.4, -0.2) is 65.7 Å². The van der Waals surface area contributed by atoms with E-state index in [1.54, 1.807) is 0 Å². The van der Waals surface area contributed by atoms with Crippen LogP contribution < -0.4 is 0 Å². The highest BCUT2D eigenvalue weighted by atomic mass is 31.2.